The highest BCUT2D eigenvalue weighted by molar-refractivity contribution is 6.57. The molecule has 1 heterocycles. The summed E-state index contributed by atoms with van der Waals surface area (Å²) in [5, 5.41) is 15.5. The minimum Gasteiger partial charge on any atom is -0.390 e. The molecular weight excluding hydrogens is 399 g/mol. The molecule has 3 rings (SSSR count). The van der Waals surface area contributed by atoms with E-state index in [0.29, 0.717) is 6.42 Å². The molecule has 0 spiro atoms. The van der Waals surface area contributed by atoms with E-state index in [9.17, 15) is 9.90 Å². The Morgan fingerprint density at radius 3 is 2.34 bits per heavy atom. The van der Waals surface area contributed by atoms with E-state index in [1.165, 1.54) is 7.85 Å². The minimum atomic E-state index is -0.837. The Kier molecular flexibility index (Phi) is 7.80. The van der Waals surface area contributed by atoms with Crippen LogP contribution in [0.4, 0.5) is 4.79 Å². The van der Waals surface area contributed by atoms with Crippen molar-refractivity contribution in [1.82, 2.24) is 15.3 Å². The molecule has 0 fully saturated rings. The third-order valence-corrected chi connectivity index (χ3v) is 5.81. The molecule has 0 aliphatic heterocycles. The normalized spacial score (nSPS) is 13.5. The predicted molar refractivity (Wildman–Crippen MR) is 131 cm³/mol. The molecule has 3 aromatic rings. The largest absolute Gasteiger partial charge is 0.390 e. The highest BCUT2D eigenvalue weighted by Crippen LogP contribution is 2.28. The van der Waals surface area contributed by atoms with Gasteiger partial charge in [-0.05, 0) is 43.5 Å². The number of aliphatic hydroxyl groups is 1. The van der Waals surface area contributed by atoms with Crippen molar-refractivity contribution in [3.8, 4) is 11.3 Å². The third kappa shape index (κ3) is 6.04. The lowest BCUT2D eigenvalue weighted by atomic mass is 9.91. The Bertz CT molecular complexity index is 997. The van der Waals surface area contributed by atoms with Gasteiger partial charge in [0.1, 0.15) is 0 Å². The van der Waals surface area contributed by atoms with Gasteiger partial charge in [-0.2, -0.15) is 0 Å². The van der Waals surface area contributed by atoms with Gasteiger partial charge in [0.25, 0.3) is 0 Å². The number of hydrogen-bond donors (Lipinski definition) is 3. The van der Waals surface area contributed by atoms with Crippen LogP contribution in [0.2, 0.25) is 0 Å². The smallest absolute Gasteiger partial charge is 0.215 e. The van der Waals surface area contributed by atoms with E-state index in [1.807, 2.05) is 86.6 Å². The fraction of sp³-hybridized carbons (Fsp3) is 0.280. The Labute approximate surface area is 190 Å². The second-order valence-corrected chi connectivity index (χ2v) is 8.57. The van der Waals surface area contributed by atoms with Gasteiger partial charge in [0.05, 0.1) is 23.4 Å². The summed E-state index contributed by atoms with van der Waals surface area (Å²) in [7, 11) is 1.46. The quantitative estimate of drug-likeness (QED) is 0.276. The molecule has 0 aliphatic rings. The Morgan fingerprint density at radius 1 is 1.09 bits per heavy atom. The first-order chi connectivity index (χ1) is 15.3. The first-order valence-electron chi connectivity index (χ1n) is 10.8. The zero-order valence-electron chi connectivity index (χ0n) is 18.9. The van der Waals surface area contributed by atoms with E-state index in [1.54, 1.807) is 11.2 Å². The number of amides is 1. The average Bonchev–Trinajstić information content (AvgIpc) is 2.79. The molecule has 0 saturated carbocycles. The van der Waals surface area contributed by atoms with Gasteiger partial charge in [-0.15, -0.1) is 0 Å². The van der Waals surface area contributed by atoms with Crippen LogP contribution >= 0.6 is 0 Å². The molecule has 0 aliphatic carbocycles. The maximum atomic E-state index is 11.7. The number of pyridine rings is 1. The van der Waals surface area contributed by atoms with Crippen LogP contribution in [0.25, 0.3) is 11.3 Å². The van der Waals surface area contributed by atoms with Gasteiger partial charge < -0.3 is 10.4 Å². The zero-order chi connectivity index (χ0) is 23.1. The number of aliphatic hydroxyl groups excluding tert-OH is 1. The van der Waals surface area contributed by atoms with Gasteiger partial charge in [0, 0.05) is 18.3 Å². The highest BCUT2D eigenvalue weighted by Gasteiger charge is 2.31. The van der Waals surface area contributed by atoms with Gasteiger partial charge in [-0.25, -0.2) is 5.01 Å². The van der Waals surface area contributed by atoms with Crippen molar-refractivity contribution in [2.24, 2.45) is 5.84 Å². The van der Waals surface area contributed by atoms with Crippen molar-refractivity contribution < 1.29 is 9.90 Å². The Balaban J connectivity index is 1.71. The van der Waals surface area contributed by atoms with Crippen LogP contribution in [0.5, 0.6) is 0 Å². The maximum Gasteiger partial charge on any atom is 0.215 e. The zero-order valence-corrected chi connectivity index (χ0v) is 18.9. The summed E-state index contributed by atoms with van der Waals surface area (Å²) in [4.78, 5) is 16.1. The van der Waals surface area contributed by atoms with Crippen LogP contribution in [0.15, 0.2) is 79.0 Å². The van der Waals surface area contributed by atoms with Crippen molar-refractivity contribution in [3.63, 3.8) is 0 Å². The molecule has 0 radical (unpaired) electrons. The SMILES string of the molecule is BC(=O)N[C@@H](Cc1ccccc1)[C@@H](O)CN(N)C(C)(C)c1ccc(-c2ccccn2)cc1. The van der Waals surface area contributed by atoms with Gasteiger partial charge >= 0.3 is 0 Å². The molecule has 6 nitrogen and oxygen atoms in total. The van der Waals surface area contributed by atoms with Crippen molar-refractivity contribution in [2.75, 3.05) is 6.54 Å². The first kappa shape index (κ1) is 23.7. The summed E-state index contributed by atoms with van der Waals surface area (Å²) < 4.78 is 0. The topological polar surface area (TPSA) is 91.5 Å². The van der Waals surface area contributed by atoms with Crippen molar-refractivity contribution >= 4 is 13.7 Å². The van der Waals surface area contributed by atoms with E-state index < -0.39 is 17.7 Å². The molecule has 7 heteroatoms. The Morgan fingerprint density at radius 2 is 1.75 bits per heavy atom. The summed E-state index contributed by atoms with van der Waals surface area (Å²) in [6, 6.07) is 23.3. The summed E-state index contributed by atoms with van der Waals surface area (Å²) in [6.07, 6.45) is 1.46. The number of nitrogens with two attached hydrogens (primary N) is 1. The fourth-order valence-corrected chi connectivity index (χ4v) is 3.72. The molecule has 0 saturated heterocycles. The standard InChI is InChI=1S/C25H31BN4O2/c1-25(2,20-13-11-19(12-14-20)21-10-6-7-15-28-21)30(27)17-23(31)22(29-24(26)32)16-18-8-4-3-5-9-18/h3-15,22-23,31H,16-17,26-27H2,1-2H3,(H,29,32)/t22-,23-/m0/s1. The average molecular weight is 430 g/mol. The molecule has 1 amide bonds. The maximum absolute atomic E-state index is 11.7. The molecule has 0 bridgehead atoms. The molecule has 32 heavy (non-hydrogen) atoms. The highest BCUT2D eigenvalue weighted by atomic mass is 16.3. The van der Waals surface area contributed by atoms with Crippen molar-refractivity contribution in [3.05, 3.63) is 90.1 Å². The van der Waals surface area contributed by atoms with Crippen LogP contribution in [0.3, 0.4) is 0 Å². The summed E-state index contributed by atoms with van der Waals surface area (Å²) >= 11 is 0. The number of nitrogens with one attached hydrogen (secondary N) is 1. The van der Waals surface area contributed by atoms with Crippen LogP contribution in [0, 0.1) is 0 Å². The Hall–Kier alpha value is -3.00. The van der Waals surface area contributed by atoms with E-state index in [-0.39, 0.29) is 12.4 Å². The van der Waals surface area contributed by atoms with Crippen LogP contribution in [-0.4, -0.2) is 47.4 Å². The van der Waals surface area contributed by atoms with Crippen molar-refractivity contribution in [2.45, 2.75) is 38.0 Å². The van der Waals surface area contributed by atoms with Crippen LogP contribution < -0.4 is 11.2 Å². The molecule has 0 unspecified atom stereocenters. The van der Waals surface area contributed by atoms with Crippen molar-refractivity contribution in [1.29, 1.82) is 0 Å². The number of hydrazine groups is 1. The van der Waals surface area contributed by atoms with Crippen LogP contribution in [0.1, 0.15) is 25.0 Å². The number of nitrogens with zero attached hydrogens (tertiary/aromatic N) is 2. The fourth-order valence-electron chi connectivity index (χ4n) is 3.72. The molecule has 1 aromatic heterocycles. The number of carbonyl (C=O) groups excluding carboxylic acids is 1. The second kappa shape index (κ2) is 10.5. The number of carbonyl (C=O) groups is 1. The summed E-state index contributed by atoms with van der Waals surface area (Å²) in [6.45, 7) is 4.23. The third-order valence-electron chi connectivity index (χ3n) is 5.81. The van der Waals surface area contributed by atoms with Gasteiger partial charge in [-0.3, -0.25) is 15.6 Å². The van der Waals surface area contributed by atoms with E-state index in [4.69, 9.17) is 5.84 Å². The molecule has 166 valence electrons. The summed E-state index contributed by atoms with van der Waals surface area (Å²) in [5.41, 5.74) is 3.47. The monoisotopic (exact) mass is 430 g/mol. The van der Waals surface area contributed by atoms with E-state index >= 15 is 0 Å². The molecular formula is C25H31BN4O2. The minimum absolute atomic E-state index is 0.182. The number of benzene rings is 2. The summed E-state index contributed by atoms with van der Waals surface area (Å²) in [5.74, 6) is 6.26. The predicted octanol–water partition coefficient (Wildman–Crippen LogP) is 2.47. The van der Waals surface area contributed by atoms with E-state index in [2.05, 4.69) is 10.3 Å². The first-order valence-corrected chi connectivity index (χ1v) is 10.8. The van der Waals surface area contributed by atoms with Gasteiger partial charge in [0.15, 0.2) is 5.81 Å². The molecule has 2 atom stereocenters. The number of rotatable bonds is 9. The molecule has 4 N–H and O–H groups in total. The molecule has 2 aromatic carbocycles. The number of hydrogen-bond acceptors (Lipinski definition) is 5. The lowest BCUT2D eigenvalue weighted by Gasteiger charge is -2.38. The van der Waals surface area contributed by atoms with E-state index in [0.717, 1.165) is 22.4 Å². The van der Waals surface area contributed by atoms with Gasteiger partial charge in [0.2, 0.25) is 7.85 Å². The lowest BCUT2D eigenvalue weighted by Crippen LogP contribution is -2.55. The van der Waals surface area contributed by atoms with Crippen LogP contribution in [-0.2, 0) is 12.0 Å². The second-order valence-electron chi connectivity index (χ2n) is 8.57. The van der Waals surface area contributed by atoms with Gasteiger partial charge in [-0.1, -0.05) is 60.7 Å². The lowest BCUT2D eigenvalue weighted by molar-refractivity contribution is 0.0321. The number of aromatic nitrogens is 1.